The number of nitro benzene ring substituents is 1. The summed E-state index contributed by atoms with van der Waals surface area (Å²) in [6.45, 7) is 3.42. The summed E-state index contributed by atoms with van der Waals surface area (Å²) in [5.41, 5.74) is 4.12. The van der Waals surface area contributed by atoms with Gasteiger partial charge in [-0.3, -0.25) is 14.9 Å². The fourth-order valence-corrected chi connectivity index (χ4v) is 2.23. The zero-order valence-corrected chi connectivity index (χ0v) is 13.3. The van der Waals surface area contributed by atoms with Crippen LogP contribution < -0.4 is 5.43 Å². The highest BCUT2D eigenvalue weighted by Crippen LogP contribution is 2.19. The zero-order chi connectivity index (χ0) is 17.7. The van der Waals surface area contributed by atoms with Crippen molar-refractivity contribution in [2.75, 3.05) is 0 Å². The van der Waals surface area contributed by atoms with Gasteiger partial charge < -0.3 is 5.11 Å². The Morgan fingerprint density at radius 1 is 1.29 bits per heavy atom. The van der Waals surface area contributed by atoms with E-state index in [1.54, 1.807) is 31.2 Å². The molecule has 0 heterocycles. The number of hydrogen-bond acceptors (Lipinski definition) is 5. The third-order valence-electron chi connectivity index (χ3n) is 3.50. The first-order valence-electron chi connectivity index (χ1n) is 7.34. The number of para-hydroxylation sites is 1. The van der Waals surface area contributed by atoms with Gasteiger partial charge in [-0.25, -0.2) is 5.43 Å². The van der Waals surface area contributed by atoms with Crippen LogP contribution in [-0.4, -0.2) is 21.6 Å². The van der Waals surface area contributed by atoms with Crippen LogP contribution in [0.4, 0.5) is 5.69 Å². The summed E-state index contributed by atoms with van der Waals surface area (Å²) in [5, 5.41) is 24.7. The average molecular weight is 327 g/mol. The van der Waals surface area contributed by atoms with Gasteiger partial charge in [-0.1, -0.05) is 19.1 Å². The Morgan fingerprint density at radius 2 is 2.00 bits per heavy atom. The Balaban J connectivity index is 2.21. The van der Waals surface area contributed by atoms with Crippen LogP contribution in [0.25, 0.3) is 0 Å². The number of phenolic OH excluding ortho intramolecular Hbond substituents is 1. The number of nitrogens with one attached hydrogen (secondary N) is 1. The van der Waals surface area contributed by atoms with Crippen molar-refractivity contribution in [3.8, 4) is 5.75 Å². The minimum Gasteiger partial charge on any atom is -0.507 e. The topological polar surface area (TPSA) is 105 Å². The molecule has 7 heteroatoms. The Kier molecular flexibility index (Phi) is 5.26. The summed E-state index contributed by atoms with van der Waals surface area (Å²) in [6.07, 6.45) is 0.511. The van der Waals surface area contributed by atoms with E-state index >= 15 is 0 Å². The minimum absolute atomic E-state index is 0.0430. The lowest BCUT2D eigenvalue weighted by Gasteiger charge is -2.07. The Morgan fingerprint density at radius 3 is 2.58 bits per heavy atom. The first-order chi connectivity index (χ1) is 11.4. The number of nitrogens with zero attached hydrogens (tertiary/aromatic N) is 2. The van der Waals surface area contributed by atoms with Crippen LogP contribution >= 0.6 is 0 Å². The number of hydrogen-bond donors (Lipinski definition) is 2. The van der Waals surface area contributed by atoms with E-state index in [-0.39, 0.29) is 17.0 Å². The van der Waals surface area contributed by atoms with Crippen LogP contribution in [-0.2, 0) is 0 Å². The summed E-state index contributed by atoms with van der Waals surface area (Å²) in [6, 6.07) is 10.8. The number of amides is 1. The lowest BCUT2D eigenvalue weighted by atomic mass is 10.1. The van der Waals surface area contributed by atoms with E-state index in [0.717, 1.165) is 0 Å². The maximum Gasteiger partial charge on any atom is 0.272 e. The summed E-state index contributed by atoms with van der Waals surface area (Å²) in [5.74, 6) is -0.395. The van der Waals surface area contributed by atoms with Crippen molar-refractivity contribution in [2.24, 2.45) is 5.10 Å². The first-order valence-corrected chi connectivity index (χ1v) is 7.34. The van der Waals surface area contributed by atoms with E-state index in [0.29, 0.717) is 23.3 Å². The maximum atomic E-state index is 12.2. The van der Waals surface area contributed by atoms with Crippen LogP contribution in [0.2, 0.25) is 0 Å². The number of carbonyl (C=O) groups is 1. The molecule has 24 heavy (non-hydrogen) atoms. The fraction of sp³-hybridized carbons (Fsp3) is 0.176. The van der Waals surface area contributed by atoms with Crippen LogP contribution in [0.1, 0.15) is 34.8 Å². The van der Waals surface area contributed by atoms with Crippen LogP contribution in [0.15, 0.2) is 47.6 Å². The second-order valence-corrected chi connectivity index (χ2v) is 5.13. The summed E-state index contributed by atoms with van der Waals surface area (Å²) >= 11 is 0. The molecule has 0 aliphatic carbocycles. The third kappa shape index (κ3) is 3.75. The second kappa shape index (κ2) is 7.36. The monoisotopic (exact) mass is 327 g/mol. The molecule has 1 amide bonds. The standard InChI is InChI=1S/C17H17N3O4/c1-3-14(13-6-4-5-7-16(13)21)18-19-17(22)12-8-9-15(20(23)24)11(2)10-12/h4-10,21H,3H2,1-2H3,(H,19,22). The molecule has 0 atom stereocenters. The molecule has 0 unspecified atom stereocenters. The summed E-state index contributed by atoms with van der Waals surface area (Å²) in [4.78, 5) is 22.5. The highest BCUT2D eigenvalue weighted by molar-refractivity contribution is 6.04. The van der Waals surface area contributed by atoms with Crippen molar-refractivity contribution in [3.63, 3.8) is 0 Å². The second-order valence-electron chi connectivity index (χ2n) is 5.13. The molecule has 2 aromatic carbocycles. The van der Waals surface area contributed by atoms with Gasteiger partial charge in [-0.15, -0.1) is 0 Å². The fourth-order valence-electron chi connectivity index (χ4n) is 2.23. The van der Waals surface area contributed by atoms with Gasteiger partial charge in [-0.05, 0) is 37.6 Å². The lowest BCUT2D eigenvalue weighted by molar-refractivity contribution is -0.385. The van der Waals surface area contributed by atoms with Gasteiger partial charge in [0, 0.05) is 22.8 Å². The van der Waals surface area contributed by atoms with Crippen molar-refractivity contribution in [1.82, 2.24) is 5.43 Å². The highest BCUT2D eigenvalue weighted by Gasteiger charge is 2.14. The van der Waals surface area contributed by atoms with Gasteiger partial charge in [0.2, 0.25) is 0 Å². The maximum absolute atomic E-state index is 12.2. The van der Waals surface area contributed by atoms with Crippen molar-refractivity contribution < 1.29 is 14.8 Å². The number of phenols is 1. The van der Waals surface area contributed by atoms with Gasteiger partial charge in [0.15, 0.2) is 0 Å². The van der Waals surface area contributed by atoms with Crippen LogP contribution in [0.3, 0.4) is 0 Å². The Bertz CT molecular complexity index is 815. The van der Waals surface area contributed by atoms with Crippen molar-refractivity contribution in [1.29, 1.82) is 0 Å². The lowest BCUT2D eigenvalue weighted by Crippen LogP contribution is -2.20. The van der Waals surface area contributed by atoms with Gasteiger partial charge in [0.1, 0.15) is 5.75 Å². The minimum atomic E-state index is -0.497. The van der Waals surface area contributed by atoms with Gasteiger partial charge in [-0.2, -0.15) is 5.10 Å². The number of aryl methyl sites for hydroxylation is 1. The van der Waals surface area contributed by atoms with E-state index in [1.165, 1.54) is 18.2 Å². The van der Waals surface area contributed by atoms with Crippen LogP contribution in [0.5, 0.6) is 5.75 Å². The number of rotatable bonds is 5. The number of carbonyl (C=O) groups excluding carboxylic acids is 1. The summed E-state index contributed by atoms with van der Waals surface area (Å²) < 4.78 is 0. The molecule has 2 N–H and O–H groups in total. The number of aromatic hydroxyl groups is 1. The summed E-state index contributed by atoms with van der Waals surface area (Å²) in [7, 11) is 0. The quantitative estimate of drug-likeness (QED) is 0.500. The molecule has 0 fully saturated rings. The molecule has 0 saturated carbocycles. The van der Waals surface area contributed by atoms with Crippen molar-refractivity contribution in [2.45, 2.75) is 20.3 Å². The molecule has 0 saturated heterocycles. The Hall–Kier alpha value is -3.22. The molecule has 0 radical (unpaired) electrons. The highest BCUT2D eigenvalue weighted by atomic mass is 16.6. The number of nitro groups is 1. The van der Waals surface area contributed by atoms with E-state index in [4.69, 9.17) is 0 Å². The van der Waals surface area contributed by atoms with Gasteiger partial charge >= 0.3 is 0 Å². The molecule has 0 spiro atoms. The van der Waals surface area contributed by atoms with E-state index in [1.807, 2.05) is 6.92 Å². The van der Waals surface area contributed by atoms with E-state index < -0.39 is 10.8 Å². The largest absolute Gasteiger partial charge is 0.507 e. The van der Waals surface area contributed by atoms with Gasteiger partial charge in [0.25, 0.3) is 11.6 Å². The molecule has 0 aliphatic heterocycles. The van der Waals surface area contributed by atoms with Crippen LogP contribution in [0, 0.1) is 17.0 Å². The Labute approximate surface area is 138 Å². The predicted octanol–water partition coefficient (Wildman–Crippen LogP) is 3.15. The first kappa shape index (κ1) is 17.1. The molecule has 0 aliphatic rings. The van der Waals surface area contributed by atoms with Gasteiger partial charge in [0.05, 0.1) is 10.6 Å². The molecule has 124 valence electrons. The molecular weight excluding hydrogens is 310 g/mol. The van der Waals surface area contributed by atoms with Crippen molar-refractivity contribution in [3.05, 3.63) is 69.3 Å². The molecule has 7 nitrogen and oxygen atoms in total. The predicted molar refractivity (Wildman–Crippen MR) is 90.2 cm³/mol. The van der Waals surface area contributed by atoms with Crippen molar-refractivity contribution >= 4 is 17.3 Å². The normalized spacial score (nSPS) is 11.2. The molecular formula is C17H17N3O4. The molecule has 0 aromatic heterocycles. The number of hydrazone groups is 1. The van der Waals surface area contributed by atoms with E-state index in [9.17, 15) is 20.0 Å². The SMILES string of the molecule is CCC(=NNC(=O)c1ccc([N+](=O)[O-])c(C)c1)c1ccccc1O. The number of benzene rings is 2. The molecule has 2 rings (SSSR count). The van der Waals surface area contributed by atoms with E-state index in [2.05, 4.69) is 10.5 Å². The zero-order valence-electron chi connectivity index (χ0n) is 13.3. The average Bonchev–Trinajstić information content (AvgIpc) is 2.56. The third-order valence-corrected chi connectivity index (χ3v) is 3.50. The smallest absolute Gasteiger partial charge is 0.272 e. The molecule has 0 bridgehead atoms. The molecule has 2 aromatic rings.